The van der Waals surface area contributed by atoms with E-state index in [0.717, 1.165) is 0 Å². The summed E-state index contributed by atoms with van der Waals surface area (Å²) in [6.45, 7) is 3.45. The van der Waals surface area contributed by atoms with Crippen molar-refractivity contribution in [2.75, 3.05) is 0 Å². The van der Waals surface area contributed by atoms with Crippen molar-refractivity contribution in [3.63, 3.8) is 0 Å². The Hall–Kier alpha value is -1.49. The summed E-state index contributed by atoms with van der Waals surface area (Å²) < 4.78 is 25.9. The van der Waals surface area contributed by atoms with Crippen LogP contribution in [0.1, 0.15) is 13.8 Å². The number of rotatable bonds is 4. The van der Waals surface area contributed by atoms with Crippen LogP contribution in [-0.2, 0) is 14.8 Å². The molecule has 0 atom stereocenters. The quantitative estimate of drug-likeness (QED) is 0.637. The molecule has 0 amide bonds. The molecule has 0 radical (unpaired) electrons. The Balaban J connectivity index is 3.13. The summed E-state index contributed by atoms with van der Waals surface area (Å²) in [6.07, 6.45) is 1.36. The third kappa shape index (κ3) is 3.27. The van der Waals surface area contributed by atoms with Gasteiger partial charge in [0.15, 0.2) is 0 Å². The van der Waals surface area contributed by atoms with Crippen LogP contribution < -0.4 is 4.72 Å². The minimum atomic E-state index is -3.54. The van der Waals surface area contributed by atoms with Gasteiger partial charge in [0.25, 0.3) is 0 Å². The van der Waals surface area contributed by atoms with E-state index in [2.05, 4.69) is 9.71 Å². The van der Waals surface area contributed by atoms with Crippen molar-refractivity contribution < 1.29 is 13.2 Å². The van der Waals surface area contributed by atoms with E-state index in [-0.39, 0.29) is 16.6 Å². The first kappa shape index (κ1) is 12.6. The van der Waals surface area contributed by atoms with Crippen LogP contribution in [0.15, 0.2) is 34.2 Å². The number of benzene rings is 1. The molecule has 0 saturated carbocycles. The van der Waals surface area contributed by atoms with E-state index in [9.17, 15) is 13.2 Å². The summed E-state index contributed by atoms with van der Waals surface area (Å²) in [5.41, 5.74) is 0.265. The molecule has 0 fully saturated rings. The molecule has 86 valence electrons. The molecule has 1 aromatic carbocycles. The fraction of sp³-hybridized carbons (Fsp3) is 0.300. The average Bonchev–Trinajstić information content (AvgIpc) is 2.16. The van der Waals surface area contributed by atoms with Crippen molar-refractivity contribution in [2.24, 2.45) is 4.99 Å². The minimum Gasteiger partial charge on any atom is -0.211 e. The molecule has 1 N–H and O–H groups in total. The molecule has 0 bridgehead atoms. The van der Waals surface area contributed by atoms with E-state index in [1.807, 2.05) is 0 Å². The molecule has 5 nitrogen and oxygen atoms in total. The standard InChI is InChI=1S/C10H12N2O3S/c1-8(2)12-16(14,15)10-5-3-4-9(6-10)11-7-13/h3-6,8,12H,1-2H3. The second kappa shape index (κ2) is 5.03. The summed E-state index contributed by atoms with van der Waals surface area (Å²) in [4.78, 5) is 13.5. The van der Waals surface area contributed by atoms with E-state index in [1.54, 1.807) is 13.8 Å². The van der Waals surface area contributed by atoms with E-state index < -0.39 is 10.0 Å². The number of sulfonamides is 1. The Morgan fingerprint density at radius 1 is 1.38 bits per heavy atom. The van der Waals surface area contributed by atoms with Crippen LogP contribution in [0.25, 0.3) is 0 Å². The molecule has 6 heteroatoms. The second-order valence-electron chi connectivity index (χ2n) is 3.48. The number of hydrogen-bond donors (Lipinski definition) is 1. The Labute approximate surface area is 94.3 Å². The third-order valence-corrected chi connectivity index (χ3v) is 3.35. The van der Waals surface area contributed by atoms with E-state index >= 15 is 0 Å². The molecular weight excluding hydrogens is 228 g/mol. The van der Waals surface area contributed by atoms with Crippen LogP contribution in [0.5, 0.6) is 0 Å². The number of carbonyl (C=O) groups excluding carboxylic acids is 1. The molecule has 0 aliphatic carbocycles. The maximum absolute atomic E-state index is 11.7. The van der Waals surface area contributed by atoms with Crippen molar-refractivity contribution in [3.05, 3.63) is 24.3 Å². The smallest absolute Gasteiger partial charge is 0.211 e. The highest BCUT2D eigenvalue weighted by molar-refractivity contribution is 7.89. The van der Waals surface area contributed by atoms with Gasteiger partial charge in [-0.25, -0.2) is 17.9 Å². The normalized spacial score (nSPS) is 11.2. The zero-order chi connectivity index (χ0) is 12.2. The van der Waals surface area contributed by atoms with Crippen LogP contribution in [0.4, 0.5) is 5.69 Å². The highest BCUT2D eigenvalue weighted by atomic mass is 32.2. The second-order valence-corrected chi connectivity index (χ2v) is 5.19. The highest BCUT2D eigenvalue weighted by Crippen LogP contribution is 2.17. The SMILES string of the molecule is CC(C)NS(=O)(=O)c1cccc(N=C=O)c1. The van der Waals surface area contributed by atoms with E-state index in [1.165, 1.54) is 30.3 Å². The van der Waals surface area contributed by atoms with Gasteiger partial charge in [-0.2, -0.15) is 4.99 Å². The molecule has 0 aliphatic rings. The van der Waals surface area contributed by atoms with Crippen molar-refractivity contribution >= 4 is 21.8 Å². The van der Waals surface area contributed by atoms with Gasteiger partial charge < -0.3 is 0 Å². The lowest BCUT2D eigenvalue weighted by molar-refractivity contribution is 0.564. The van der Waals surface area contributed by atoms with Gasteiger partial charge in [-0.15, -0.1) is 0 Å². The molecule has 0 heterocycles. The van der Waals surface area contributed by atoms with Crippen molar-refractivity contribution in [1.82, 2.24) is 4.72 Å². The van der Waals surface area contributed by atoms with Crippen LogP contribution in [0.3, 0.4) is 0 Å². The largest absolute Gasteiger partial charge is 0.240 e. The van der Waals surface area contributed by atoms with Gasteiger partial charge in [0.2, 0.25) is 16.1 Å². The number of nitrogens with one attached hydrogen (secondary N) is 1. The topological polar surface area (TPSA) is 75.6 Å². The minimum absolute atomic E-state index is 0.0812. The van der Waals surface area contributed by atoms with Gasteiger partial charge in [0.1, 0.15) is 0 Å². The summed E-state index contributed by atoms with van der Waals surface area (Å²) in [7, 11) is -3.54. The molecule has 1 aromatic rings. The number of isocyanates is 1. The van der Waals surface area contributed by atoms with E-state index in [0.29, 0.717) is 0 Å². The lowest BCUT2D eigenvalue weighted by atomic mass is 10.3. The van der Waals surface area contributed by atoms with Crippen LogP contribution in [0, 0.1) is 0 Å². The van der Waals surface area contributed by atoms with Gasteiger partial charge in [-0.1, -0.05) is 6.07 Å². The van der Waals surface area contributed by atoms with Gasteiger partial charge in [-0.3, -0.25) is 0 Å². The first-order valence-corrected chi connectivity index (χ1v) is 6.14. The predicted molar refractivity (Wildman–Crippen MR) is 59.7 cm³/mol. The molecule has 0 unspecified atom stereocenters. The number of hydrogen-bond acceptors (Lipinski definition) is 4. The van der Waals surface area contributed by atoms with Crippen molar-refractivity contribution in [3.8, 4) is 0 Å². The van der Waals surface area contributed by atoms with Gasteiger partial charge in [0.05, 0.1) is 10.6 Å². The third-order valence-electron chi connectivity index (χ3n) is 1.69. The number of aliphatic imine (C=N–C) groups is 1. The molecule has 0 aromatic heterocycles. The zero-order valence-electron chi connectivity index (χ0n) is 8.97. The average molecular weight is 240 g/mol. The monoisotopic (exact) mass is 240 g/mol. The summed E-state index contributed by atoms with van der Waals surface area (Å²) in [5, 5.41) is 0. The van der Waals surface area contributed by atoms with Crippen molar-refractivity contribution in [1.29, 1.82) is 0 Å². The molecule has 16 heavy (non-hydrogen) atoms. The van der Waals surface area contributed by atoms with Crippen molar-refractivity contribution in [2.45, 2.75) is 24.8 Å². The molecule has 0 saturated heterocycles. The lowest BCUT2D eigenvalue weighted by Crippen LogP contribution is -2.30. The van der Waals surface area contributed by atoms with Crippen LogP contribution in [-0.4, -0.2) is 20.5 Å². The summed E-state index contributed by atoms with van der Waals surface area (Å²) in [6, 6.07) is 5.61. The van der Waals surface area contributed by atoms with Gasteiger partial charge in [-0.05, 0) is 32.0 Å². The predicted octanol–water partition coefficient (Wildman–Crippen LogP) is 1.34. The number of nitrogens with zero attached hydrogens (tertiary/aromatic N) is 1. The summed E-state index contributed by atoms with van der Waals surface area (Å²) in [5.74, 6) is 0. The Kier molecular flexibility index (Phi) is 3.95. The first-order chi connectivity index (χ1) is 7.45. The molecule has 0 aliphatic heterocycles. The highest BCUT2D eigenvalue weighted by Gasteiger charge is 2.15. The molecule has 1 rings (SSSR count). The van der Waals surface area contributed by atoms with Crippen LogP contribution >= 0.6 is 0 Å². The van der Waals surface area contributed by atoms with Gasteiger partial charge >= 0.3 is 0 Å². The molecular formula is C10H12N2O3S. The fourth-order valence-corrected chi connectivity index (χ4v) is 2.44. The van der Waals surface area contributed by atoms with Crippen LogP contribution in [0.2, 0.25) is 0 Å². The fourth-order valence-electron chi connectivity index (χ4n) is 1.15. The maximum atomic E-state index is 11.7. The Bertz CT molecular complexity index is 517. The summed E-state index contributed by atoms with van der Waals surface area (Å²) >= 11 is 0. The van der Waals surface area contributed by atoms with E-state index in [4.69, 9.17) is 0 Å². The Morgan fingerprint density at radius 2 is 2.06 bits per heavy atom. The maximum Gasteiger partial charge on any atom is 0.240 e. The lowest BCUT2D eigenvalue weighted by Gasteiger charge is -2.09. The Morgan fingerprint density at radius 3 is 2.62 bits per heavy atom. The zero-order valence-corrected chi connectivity index (χ0v) is 9.78. The van der Waals surface area contributed by atoms with Gasteiger partial charge in [0, 0.05) is 6.04 Å². The first-order valence-electron chi connectivity index (χ1n) is 4.66. The molecule has 0 spiro atoms.